The van der Waals surface area contributed by atoms with Crippen molar-refractivity contribution in [3.05, 3.63) is 23.7 Å². The third-order valence-corrected chi connectivity index (χ3v) is 2.71. The number of hydrogen-bond donors (Lipinski definition) is 2. The first-order valence-corrected chi connectivity index (χ1v) is 6.15. The van der Waals surface area contributed by atoms with Gasteiger partial charge in [0.2, 0.25) is 0 Å². The summed E-state index contributed by atoms with van der Waals surface area (Å²) in [5.41, 5.74) is 1.97. The molecular formula is C10H14N2O4S. The molecule has 0 aromatic carbocycles. The Labute approximate surface area is 103 Å². The van der Waals surface area contributed by atoms with Crippen molar-refractivity contribution < 1.29 is 18.7 Å². The second-order valence-electron chi connectivity index (χ2n) is 3.04. The van der Waals surface area contributed by atoms with Crippen molar-refractivity contribution in [1.29, 1.82) is 0 Å². The van der Waals surface area contributed by atoms with Gasteiger partial charge >= 0.3 is 11.9 Å². The normalized spacial score (nSPS) is 10.0. The SMILES string of the molecule is CCOC(=O)CSCc1ccc(C(=O)NN)o1. The molecule has 0 unspecified atom stereocenters. The van der Waals surface area contributed by atoms with E-state index in [2.05, 4.69) is 0 Å². The van der Waals surface area contributed by atoms with Crippen LogP contribution in [-0.2, 0) is 15.3 Å². The van der Waals surface area contributed by atoms with Gasteiger partial charge in [-0.25, -0.2) is 5.84 Å². The molecule has 0 aliphatic carbocycles. The molecule has 3 N–H and O–H groups in total. The van der Waals surface area contributed by atoms with Crippen LogP contribution in [0.15, 0.2) is 16.5 Å². The van der Waals surface area contributed by atoms with E-state index in [1.807, 2.05) is 5.43 Å². The number of hydrazine groups is 1. The summed E-state index contributed by atoms with van der Waals surface area (Å²) in [6, 6.07) is 3.20. The van der Waals surface area contributed by atoms with Crippen LogP contribution in [0.1, 0.15) is 23.2 Å². The monoisotopic (exact) mass is 258 g/mol. The molecule has 1 aromatic rings. The molecule has 1 rings (SSSR count). The van der Waals surface area contributed by atoms with Crippen molar-refractivity contribution in [2.45, 2.75) is 12.7 Å². The van der Waals surface area contributed by atoms with E-state index in [0.29, 0.717) is 18.1 Å². The largest absolute Gasteiger partial charge is 0.465 e. The van der Waals surface area contributed by atoms with E-state index in [9.17, 15) is 9.59 Å². The zero-order valence-electron chi connectivity index (χ0n) is 9.39. The molecule has 94 valence electrons. The molecule has 0 aliphatic rings. The molecule has 0 aliphatic heterocycles. The number of esters is 1. The van der Waals surface area contributed by atoms with Gasteiger partial charge in [-0.15, -0.1) is 11.8 Å². The lowest BCUT2D eigenvalue weighted by Gasteiger charge is -2.00. The Balaban J connectivity index is 2.35. The summed E-state index contributed by atoms with van der Waals surface area (Å²) < 4.78 is 9.98. The van der Waals surface area contributed by atoms with E-state index in [1.54, 1.807) is 13.0 Å². The Morgan fingerprint density at radius 2 is 2.29 bits per heavy atom. The molecule has 6 nitrogen and oxygen atoms in total. The molecule has 1 amide bonds. The van der Waals surface area contributed by atoms with Crippen molar-refractivity contribution in [2.24, 2.45) is 5.84 Å². The fraction of sp³-hybridized carbons (Fsp3) is 0.400. The molecule has 0 saturated heterocycles. The first kappa shape index (κ1) is 13.6. The molecule has 1 heterocycles. The molecule has 1 aromatic heterocycles. The highest BCUT2D eigenvalue weighted by molar-refractivity contribution is 7.99. The Morgan fingerprint density at radius 3 is 2.94 bits per heavy atom. The van der Waals surface area contributed by atoms with Crippen LogP contribution in [0.3, 0.4) is 0 Å². The van der Waals surface area contributed by atoms with Gasteiger partial charge in [0.05, 0.1) is 18.1 Å². The number of nitrogens with one attached hydrogen (secondary N) is 1. The van der Waals surface area contributed by atoms with Crippen LogP contribution in [0.4, 0.5) is 0 Å². The fourth-order valence-corrected chi connectivity index (χ4v) is 1.79. The average Bonchev–Trinajstić information content (AvgIpc) is 2.77. The molecular weight excluding hydrogens is 244 g/mol. The van der Waals surface area contributed by atoms with Crippen LogP contribution < -0.4 is 11.3 Å². The van der Waals surface area contributed by atoms with Crippen molar-refractivity contribution in [1.82, 2.24) is 5.43 Å². The summed E-state index contributed by atoms with van der Waals surface area (Å²) >= 11 is 1.36. The number of carbonyl (C=O) groups excluding carboxylic acids is 2. The quantitative estimate of drug-likeness (QED) is 0.337. The van der Waals surface area contributed by atoms with Crippen molar-refractivity contribution >= 4 is 23.6 Å². The zero-order chi connectivity index (χ0) is 12.7. The maximum Gasteiger partial charge on any atom is 0.315 e. The number of nitrogen functional groups attached to an aromatic ring is 1. The number of furan rings is 1. The fourth-order valence-electron chi connectivity index (χ4n) is 1.09. The first-order valence-electron chi connectivity index (χ1n) is 5.00. The summed E-state index contributed by atoms with van der Waals surface area (Å²) in [7, 11) is 0. The second-order valence-corrected chi connectivity index (χ2v) is 4.02. The predicted molar refractivity (Wildman–Crippen MR) is 63.2 cm³/mol. The zero-order valence-corrected chi connectivity index (χ0v) is 10.2. The van der Waals surface area contributed by atoms with Gasteiger partial charge in [-0.3, -0.25) is 15.0 Å². The van der Waals surface area contributed by atoms with Crippen LogP contribution in [-0.4, -0.2) is 24.2 Å². The van der Waals surface area contributed by atoms with Gasteiger partial charge in [0.1, 0.15) is 5.76 Å². The first-order chi connectivity index (χ1) is 8.17. The summed E-state index contributed by atoms with van der Waals surface area (Å²) in [5, 5.41) is 0. The van der Waals surface area contributed by atoms with E-state index >= 15 is 0 Å². The highest BCUT2D eigenvalue weighted by atomic mass is 32.2. The van der Waals surface area contributed by atoms with E-state index in [-0.39, 0.29) is 17.5 Å². The van der Waals surface area contributed by atoms with Gasteiger partial charge in [0.15, 0.2) is 5.76 Å². The number of ether oxygens (including phenoxy) is 1. The average molecular weight is 258 g/mol. The van der Waals surface area contributed by atoms with E-state index in [4.69, 9.17) is 15.0 Å². The van der Waals surface area contributed by atoms with Gasteiger partial charge in [-0.2, -0.15) is 0 Å². The lowest BCUT2D eigenvalue weighted by molar-refractivity contribution is -0.139. The highest BCUT2D eigenvalue weighted by Gasteiger charge is 2.10. The third kappa shape index (κ3) is 4.49. The van der Waals surface area contributed by atoms with Crippen LogP contribution in [0.2, 0.25) is 0 Å². The van der Waals surface area contributed by atoms with Gasteiger partial charge in [0.25, 0.3) is 0 Å². The molecule has 0 spiro atoms. The van der Waals surface area contributed by atoms with E-state index in [1.165, 1.54) is 17.8 Å². The molecule has 0 saturated carbocycles. The standard InChI is InChI=1S/C10H14N2O4S/c1-2-15-9(13)6-17-5-7-3-4-8(16-7)10(14)12-11/h3-4H,2,5-6,11H2,1H3,(H,12,14). The van der Waals surface area contributed by atoms with Gasteiger partial charge in [0, 0.05) is 0 Å². The predicted octanol–water partition coefficient (Wildman–Crippen LogP) is 0.679. The summed E-state index contributed by atoms with van der Waals surface area (Å²) in [6.45, 7) is 2.13. The third-order valence-electron chi connectivity index (χ3n) is 1.79. The summed E-state index contributed by atoms with van der Waals surface area (Å²) in [5.74, 6) is 5.74. The summed E-state index contributed by atoms with van der Waals surface area (Å²) in [4.78, 5) is 22.1. The van der Waals surface area contributed by atoms with Crippen molar-refractivity contribution in [3.8, 4) is 0 Å². The van der Waals surface area contributed by atoms with Crippen molar-refractivity contribution in [2.75, 3.05) is 12.4 Å². The van der Waals surface area contributed by atoms with E-state index < -0.39 is 5.91 Å². The topological polar surface area (TPSA) is 94.6 Å². The minimum atomic E-state index is -0.480. The van der Waals surface area contributed by atoms with E-state index in [0.717, 1.165) is 0 Å². The maximum absolute atomic E-state index is 11.1. The lowest BCUT2D eigenvalue weighted by Crippen LogP contribution is -2.29. The minimum absolute atomic E-state index is 0.152. The van der Waals surface area contributed by atoms with Gasteiger partial charge < -0.3 is 9.15 Å². The molecule has 0 radical (unpaired) electrons. The van der Waals surface area contributed by atoms with Crippen LogP contribution >= 0.6 is 11.8 Å². The number of hydrogen-bond acceptors (Lipinski definition) is 6. The van der Waals surface area contributed by atoms with Crippen molar-refractivity contribution in [3.63, 3.8) is 0 Å². The number of thioether (sulfide) groups is 1. The Hall–Kier alpha value is -1.47. The molecule has 17 heavy (non-hydrogen) atoms. The van der Waals surface area contributed by atoms with Gasteiger partial charge in [-0.05, 0) is 19.1 Å². The smallest absolute Gasteiger partial charge is 0.315 e. The maximum atomic E-state index is 11.1. The van der Waals surface area contributed by atoms with Crippen LogP contribution in [0, 0.1) is 0 Å². The number of rotatable bonds is 6. The number of nitrogens with two attached hydrogens (primary N) is 1. The molecule has 0 fully saturated rings. The van der Waals surface area contributed by atoms with Gasteiger partial charge in [-0.1, -0.05) is 0 Å². The second kappa shape index (κ2) is 6.97. The minimum Gasteiger partial charge on any atom is -0.465 e. The molecule has 0 atom stereocenters. The number of amides is 1. The number of carbonyl (C=O) groups is 2. The highest BCUT2D eigenvalue weighted by Crippen LogP contribution is 2.15. The van der Waals surface area contributed by atoms with Crippen LogP contribution in [0.5, 0.6) is 0 Å². The van der Waals surface area contributed by atoms with Crippen LogP contribution in [0.25, 0.3) is 0 Å². The lowest BCUT2D eigenvalue weighted by atomic mass is 10.4. The summed E-state index contributed by atoms with van der Waals surface area (Å²) in [6.07, 6.45) is 0. The molecule has 7 heteroatoms. The molecule has 0 bridgehead atoms. The Kier molecular flexibility index (Phi) is 5.58. The Morgan fingerprint density at radius 1 is 1.53 bits per heavy atom. The Bertz CT molecular complexity index is 391.